The lowest BCUT2D eigenvalue weighted by Gasteiger charge is -2.42. The molecule has 19 heavy (non-hydrogen) atoms. The molecule has 0 bridgehead atoms. The SMILES string of the molecule is Cc1ccc2c(c1)C1(CC(C)(C)O2)NC(=O)NC1=O. The van der Waals surface area contributed by atoms with Crippen molar-refractivity contribution in [2.24, 2.45) is 0 Å². The lowest BCUT2D eigenvalue weighted by Crippen LogP contribution is -2.53. The van der Waals surface area contributed by atoms with Crippen LogP contribution in [0.4, 0.5) is 4.79 Å². The van der Waals surface area contributed by atoms with E-state index in [0.29, 0.717) is 12.2 Å². The second-order valence-electron chi connectivity index (χ2n) is 5.85. The van der Waals surface area contributed by atoms with Gasteiger partial charge in [0.1, 0.15) is 11.4 Å². The molecule has 5 nitrogen and oxygen atoms in total. The van der Waals surface area contributed by atoms with E-state index in [2.05, 4.69) is 10.6 Å². The number of hydrogen-bond acceptors (Lipinski definition) is 3. The third-order valence-electron chi connectivity index (χ3n) is 3.61. The summed E-state index contributed by atoms with van der Waals surface area (Å²) in [7, 11) is 0. The molecule has 100 valence electrons. The highest BCUT2D eigenvalue weighted by Crippen LogP contribution is 2.45. The van der Waals surface area contributed by atoms with E-state index in [1.165, 1.54) is 0 Å². The van der Waals surface area contributed by atoms with E-state index in [0.717, 1.165) is 11.1 Å². The van der Waals surface area contributed by atoms with Crippen molar-refractivity contribution in [3.8, 4) is 5.75 Å². The molecule has 0 aromatic heterocycles. The predicted molar refractivity (Wildman–Crippen MR) is 68.9 cm³/mol. The maximum Gasteiger partial charge on any atom is 0.322 e. The summed E-state index contributed by atoms with van der Waals surface area (Å²) in [6.45, 7) is 5.77. The minimum atomic E-state index is -1.01. The van der Waals surface area contributed by atoms with Gasteiger partial charge in [-0.2, -0.15) is 0 Å². The molecule has 3 amide bonds. The molecule has 2 aliphatic heterocycles. The lowest BCUT2D eigenvalue weighted by atomic mass is 9.77. The number of hydrogen-bond donors (Lipinski definition) is 2. The average Bonchev–Trinajstić information content (AvgIpc) is 2.54. The molecule has 3 rings (SSSR count). The monoisotopic (exact) mass is 260 g/mol. The van der Waals surface area contributed by atoms with Crippen molar-refractivity contribution in [2.45, 2.75) is 38.3 Å². The molecule has 1 unspecified atom stereocenters. The Bertz CT molecular complexity index is 594. The van der Waals surface area contributed by atoms with Gasteiger partial charge in [-0.05, 0) is 32.9 Å². The van der Waals surface area contributed by atoms with Gasteiger partial charge in [0, 0.05) is 12.0 Å². The van der Waals surface area contributed by atoms with Crippen LogP contribution in [0, 0.1) is 6.92 Å². The van der Waals surface area contributed by atoms with Gasteiger partial charge in [0.2, 0.25) is 0 Å². The van der Waals surface area contributed by atoms with Crippen LogP contribution in [-0.2, 0) is 10.3 Å². The number of benzene rings is 1. The average molecular weight is 260 g/mol. The number of urea groups is 1. The normalized spacial score (nSPS) is 27.5. The van der Waals surface area contributed by atoms with Crippen molar-refractivity contribution in [3.05, 3.63) is 29.3 Å². The summed E-state index contributed by atoms with van der Waals surface area (Å²) >= 11 is 0. The standard InChI is InChI=1S/C14H16N2O3/c1-8-4-5-10-9(6-8)14(7-13(2,3)19-10)11(17)15-12(18)16-14/h4-6H,7H2,1-3H3,(H2,15,16,17,18). The second kappa shape index (κ2) is 3.50. The molecule has 1 aromatic rings. The van der Waals surface area contributed by atoms with Crippen molar-refractivity contribution in [3.63, 3.8) is 0 Å². The molecule has 0 radical (unpaired) electrons. The summed E-state index contributed by atoms with van der Waals surface area (Å²) in [5.74, 6) is 0.347. The van der Waals surface area contributed by atoms with Crippen molar-refractivity contribution in [2.75, 3.05) is 0 Å². The van der Waals surface area contributed by atoms with Gasteiger partial charge in [0.25, 0.3) is 5.91 Å². The fraction of sp³-hybridized carbons (Fsp3) is 0.429. The molecule has 2 aliphatic rings. The molecule has 2 heterocycles. The van der Waals surface area contributed by atoms with Crippen LogP contribution in [0.1, 0.15) is 31.4 Å². The number of amides is 3. The van der Waals surface area contributed by atoms with E-state index in [4.69, 9.17) is 4.74 Å². The first kappa shape index (κ1) is 12.0. The van der Waals surface area contributed by atoms with Crippen molar-refractivity contribution in [1.82, 2.24) is 10.6 Å². The highest BCUT2D eigenvalue weighted by molar-refractivity contribution is 6.08. The van der Waals surface area contributed by atoms with Gasteiger partial charge in [-0.15, -0.1) is 0 Å². The zero-order valence-electron chi connectivity index (χ0n) is 11.2. The third-order valence-corrected chi connectivity index (χ3v) is 3.61. The van der Waals surface area contributed by atoms with Gasteiger partial charge in [-0.25, -0.2) is 4.79 Å². The predicted octanol–water partition coefficient (Wildman–Crippen LogP) is 1.59. The summed E-state index contributed by atoms with van der Waals surface area (Å²) in [5, 5.41) is 5.11. The zero-order valence-corrected chi connectivity index (χ0v) is 11.2. The van der Waals surface area contributed by atoms with Gasteiger partial charge in [0.05, 0.1) is 0 Å². The van der Waals surface area contributed by atoms with Crippen molar-refractivity contribution < 1.29 is 14.3 Å². The molecular formula is C14H16N2O3. The minimum absolute atomic E-state index is 0.305. The van der Waals surface area contributed by atoms with Crippen molar-refractivity contribution >= 4 is 11.9 Å². The number of nitrogens with one attached hydrogen (secondary N) is 2. The zero-order chi connectivity index (χ0) is 13.8. The first-order valence-electron chi connectivity index (χ1n) is 6.26. The Labute approximate surface area is 111 Å². The Hall–Kier alpha value is -2.04. The fourth-order valence-electron chi connectivity index (χ4n) is 2.94. The summed E-state index contributed by atoms with van der Waals surface area (Å²) in [6.07, 6.45) is 0.411. The Balaban J connectivity index is 2.23. The van der Waals surface area contributed by atoms with Crippen molar-refractivity contribution in [1.29, 1.82) is 0 Å². The Kier molecular flexibility index (Phi) is 2.21. The van der Waals surface area contributed by atoms with E-state index in [9.17, 15) is 9.59 Å². The van der Waals surface area contributed by atoms with E-state index in [-0.39, 0.29) is 5.91 Å². The quantitative estimate of drug-likeness (QED) is 0.696. The van der Waals surface area contributed by atoms with E-state index >= 15 is 0 Å². The third kappa shape index (κ3) is 1.69. The lowest BCUT2D eigenvalue weighted by molar-refractivity contribution is -0.127. The molecule has 5 heteroatoms. The number of aryl methyl sites for hydroxylation is 1. The number of imide groups is 1. The molecular weight excluding hydrogens is 244 g/mol. The molecule has 0 aliphatic carbocycles. The van der Waals surface area contributed by atoms with Gasteiger partial charge < -0.3 is 10.1 Å². The van der Waals surface area contributed by atoms with Crippen LogP contribution >= 0.6 is 0 Å². The minimum Gasteiger partial charge on any atom is -0.487 e. The number of carbonyl (C=O) groups is 2. The molecule has 1 aromatic carbocycles. The first-order valence-corrected chi connectivity index (χ1v) is 6.26. The van der Waals surface area contributed by atoms with E-state index < -0.39 is 17.2 Å². The van der Waals surface area contributed by atoms with Gasteiger partial charge >= 0.3 is 6.03 Å². The molecule has 0 saturated carbocycles. The summed E-state index contributed by atoms with van der Waals surface area (Å²) in [6, 6.07) is 5.24. The summed E-state index contributed by atoms with van der Waals surface area (Å²) in [5.41, 5.74) is 0.225. The number of carbonyl (C=O) groups excluding carboxylic acids is 2. The first-order chi connectivity index (χ1) is 8.82. The van der Waals surface area contributed by atoms with Crippen LogP contribution in [-0.4, -0.2) is 17.5 Å². The van der Waals surface area contributed by atoms with Crippen LogP contribution in [0.25, 0.3) is 0 Å². The van der Waals surface area contributed by atoms with Crippen LogP contribution in [0.3, 0.4) is 0 Å². The second-order valence-corrected chi connectivity index (χ2v) is 5.85. The topological polar surface area (TPSA) is 67.4 Å². The number of rotatable bonds is 0. The van der Waals surface area contributed by atoms with Gasteiger partial charge in [-0.3, -0.25) is 10.1 Å². The molecule has 2 N–H and O–H groups in total. The van der Waals surface area contributed by atoms with Crippen LogP contribution in [0.2, 0.25) is 0 Å². The van der Waals surface area contributed by atoms with Gasteiger partial charge in [0.15, 0.2) is 5.54 Å². The van der Waals surface area contributed by atoms with Crippen LogP contribution < -0.4 is 15.4 Å². The summed E-state index contributed by atoms with van der Waals surface area (Å²) in [4.78, 5) is 23.8. The molecule has 1 atom stereocenters. The van der Waals surface area contributed by atoms with Crippen LogP contribution in [0.15, 0.2) is 18.2 Å². The maximum absolute atomic E-state index is 12.3. The van der Waals surface area contributed by atoms with E-state index in [1.807, 2.05) is 39.0 Å². The summed E-state index contributed by atoms with van der Waals surface area (Å²) < 4.78 is 5.91. The largest absolute Gasteiger partial charge is 0.487 e. The Morgan fingerprint density at radius 2 is 2.00 bits per heavy atom. The molecule has 1 spiro atoms. The Morgan fingerprint density at radius 1 is 1.26 bits per heavy atom. The van der Waals surface area contributed by atoms with Crippen LogP contribution in [0.5, 0.6) is 5.75 Å². The molecule has 1 fully saturated rings. The maximum atomic E-state index is 12.3. The van der Waals surface area contributed by atoms with E-state index in [1.54, 1.807) is 0 Å². The highest BCUT2D eigenvalue weighted by atomic mass is 16.5. The fourth-order valence-corrected chi connectivity index (χ4v) is 2.94. The highest BCUT2D eigenvalue weighted by Gasteiger charge is 2.55. The van der Waals surface area contributed by atoms with Gasteiger partial charge in [-0.1, -0.05) is 11.6 Å². The Morgan fingerprint density at radius 3 is 2.63 bits per heavy atom. The number of fused-ring (bicyclic) bond motifs is 2. The smallest absolute Gasteiger partial charge is 0.322 e. The molecule has 1 saturated heterocycles. The number of ether oxygens (including phenoxy) is 1.